The van der Waals surface area contributed by atoms with Crippen LogP contribution in [-0.2, 0) is 0 Å². The molecule has 0 heterocycles. The molecule has 0 spiro atoms. The SMILES string of the molecule is CCCCCCCCCCCCCCCCF.[LiH]. The first-order valence-electron chi connectivity index (χ1n) is 7.97. The monoisotopic (exact) mass is 252 g/mol. The topological polar surface area (TPSA) is 0 Å². The van der Waals surface area contributed by atoms with Crippen LogP contribution in [0.1, 0.15) is 96.8 Å². The van der Waals surface area contributed by atoms with Gasteiger partial charge in [-0.3, -0.25) is 4.39 Å². The van der Waals surface area contributed by atoms with Gasteiger partial charge in [-0.2, -0.15) is 0 Å². The van der Waals surface area contributed by atoms with Crippen molar-refractivity contribution in [3.05, 3.63) is 0 Å². The van der Waals surface area contributed by atoms with E-state index in [1.165, 1.54) is 77.0 Å². The summed E-state index contributed by atoms with van der Waals surface area (Å²) in [5, 5.41) is 0. The van der Waals surface area contributed by atoms with Gasteiger partial charge in [0.15, 0.2) is 0 Å². The molecular weight excluding hydrogens is 218 g/mol. The predicted octanol–water partition coefficient (Wildman–Crippen LogP) is 5.79. The minimum atomic E-state index is -0.127. The fourth-order valence-electron chi connectivity index (χ4n) is 2.29. The van der Waals surface area contributed by atoms with Crippen molar-refractivity contribution in [2.24, 2.45) is 0 Å². The Morgan fingerprint density at radius 3 is 1.06 bits per heavy atom. The van der Waals surface area contributed by atoms with Crippen LogP contribution in [-0.4, -0.2) is 25.5 Å². The summed E-state index contributed by atoms with van der Waals surface area (Å²) in [5.74, 6) is 0. The van der Waals surface area contributed by atoms with E-state index in [1.807, 2.05) is 0 Å². The molecule has 0 unspecified atom stereocenters. The van der Waals surface area contributed by atoms with Crippen LogP contribution in [0.4, 0.5) is 4.39 Å². The summed E-state index contributed by atoms with van der Waals surface area (Å²) in [5.41, 5.74) is 0. The van der Waals surface area contributed by atoms with Crippen molar-refractivity contribution in [2.75, 3.05) is 6.67 Å². The molecular formula is C16H34FLi. The molecule has 0 aliphatic rings. The fourth-order valence-corrected chi connectivity index (χ4v) is 2.29. The van der Waals surface area contributed by atoms with Crippen LogP contribution < -0.4 is 0 Å². The van der Waals surface area contributed by atoms with Crippen LogP contribution in [0.3, 0.4) is 0 Å². The molecule has 2 heteroatoms. The van der Waals surface area contributed by atoms with Gasteiger partial charge in [-0.25, -0.2) is 0 Å². The zero-order valence-electron chi connectivity index (χ0n) is 12.0. The zero-order chi connectivity index (χ0) is 12.6. The van der Waals surface area contributed by atoms with Gasteiger partial charge in [0.25, 0.3) is 0 Å². The molecule has 0 bridgehead atoms. The summed E-state index contributed by atoms with van der Waals surface area (Å²) in [6, 6.07) is 0. The Morgan fingerprint density at radius 2 is 0.778 bits per heavy atom. The third-order valence-electron chi connectivity index (χ3n) is 3.49. The summed E-state index contributed by atoms with van der Waals surface area (Å²) in [4.78, 5) is 0. The van der Waals surface area contributed by atoms with Crippen molar-refractivity contribution in [1.29, 1.82) is 0 Å². The second kappa shape index (κ2) is 19.9. The van der Waals surface area contributed by atoms with Gasteiger partial charge in [0.2, 0.25) is 0 Å². The van der Waals surface area contributed by atoms with E-state index in [0.29, 0.717) is 0 Å². The maximum atomic E-state index is 11.8. The van der Waals surface area contributed by atoms with Crippen molar-refractivity contribution in [3.63, 3.8) is 0 Å². The Labute approximate surface area is 127 Å². The summed E-state index contributed by atoms with van der Waals surface area (Å²) >= 11 is 0. The summed E-state index contributed by atoms with van der Waals surface area (Å²) < 4.78 is 11.8. The van der Waals surface area contributed by atoms with Crippen LogP contribution in [0, 0.1) is 0 Å². The van der Waals surface area contributed by atoms with E-state index >= 15 is 0 Å². The molecule has 0 aromatic carbocycles. The van der Waals surface area contributed by atoms with Gasteiger partial charge in [0, 0.05) is 0 Å². The van der Waals surface area contributed by atoms with Crippen LogP contribution in [0.25, 0.3) is 0 Å². The number of rotatable bonds is 14. The number of unbranched alkanes of at least 4 members (excludes halogenated alkanes) is 13. The molecule has 0 amide bonds. The van der Waals surface area contributed by atoms with E-state index in [4.69, 9.17) is 0 Å². The van der Waals surface area contributed by atoms with Crippen LogP contribution >= 0.6 is 0 Å². The van der Waals surface area contributed by atoms with Crippen molar-refractivity contribution < 1.29 is 4.39 Å². The molecule has 0 atom stereocenters. The van der Waals surface area contributed by atoms with Gasteiger partial charge in [0.1, 0.15) is 0 Å². The molecule has 0 rings (SSSR count). The normalized spacial score (nSPS) is 10.3. The molecule has 0 aliphatic heterocycles. The Hall–Kier alpha value is 0.527. The van der Waals surface area contributed by atoms with E-state index in [9.17, 15) is 4.39 Å². The molecule has 0 saturated carbocycles. The Kier molecular flexibility index (Phi) is 23.0. The van der Waals surface area contributed by atoms with Crippen LogP contribution in [0.2, 0.25) is 0 Å². The van der Waals surface area contributed by atoms with E-state index in [-0.39, 0.29) is 25.5 Å². The first kappa shape index (κ1) is 20.8. The quantitative estimate of drug-likeness (QED) is 0.271. The van der Waals surface area contributed by atoms with Gasteiger partial charge in [-0.1, -0.05) is 90.4 Å². The number of hydrogen-bond donors (Lipinski definition) is 0. The van der Waals surface area contributed by atoms with Crippen molar-refractivity contribution >= 4 is 18.9 Å². The molecule has 0 nitrogen and oxygen atoms in total. The Bertz CT molecular complexity index is 114. The minimum absolute atomic E-state index is 0. The molecule has 0 aliphatic carbocycles. The fraction of sp³-hybridized carbons (Fsp3) is 1.00. The molecule has 0 N–H and O–H groups in total. The third-order valence-corrected chi connectivity index (χ3v) is 3.49. The average Bonchev–Trinajstić information content (AvgIpc) is 2.35. The van der Waals surface area contributed by atoms with Gasteiger partial charge in [0.05, 0.1) is 6.67 Å². The van der Waals surface area contributed by atoms with Crippen molar-refractivity contribution in [2.45, 2.75) is 96.8 Å². The summed E-state index contributed by atoms with van der Waals surface area (Å²) in [7, 11) is 0. The second-order valence-electron chi connectivity index (χ2n) is 5.29. The standard InChI is InChI=1S/C16H33F.Li.H/c1-2-3-4-5-6-7-8-9-10-11-12-13-14-15-16-17;;/h2-16H2,1H3;;. The van der Waals surface area contributed by atoms with Gasteiger partial charge < -0.3 is 0 Å². The molecule has 0 aromatic rings. The molecule has 0 saturated heterocycles. The van der Waals surface area contributed by atoms with E-state index in [0.717, 1.165) is 12.8 Å². The molecule has 18 heavy (non-hydrogen) atoms. The Balaban J connectivity index is 0. The molecule has 0 fully saturated rings. The van der Waals surface area contributed by atoms with Crippen LogP contribution in [0.5, 0.6) is 0 Å². The van der Waals surface area contributed by atoms with Crippen molar-refractivity contribution in [3.8, 4) is 0 Å². The van der Waals surface area contributed by atoms with Gasteiger partial charge in [-0.05, 0) is 6.42 Å². The van der Waals surface area contributed by atoms with Crippen LogP contribution in [0.15, 0.2) is 0 Å². The van der Waals surface area contributed by atoms with Gasteiger partial charge in [-0.15, -0.1) is 0 Å². The molecule has 106 valence electrons. The number of alkyl halides is 1. The van der Waals surface area contributed by atoms with E-state index in [1.54, 1.807) is 0 Å². The van der Waals surface area contributed by atoms with Gasteiger partial charge >= 0.3 is 18.9 Å². The predicted molar refractivity (Wildman–Crippen MR) is 83.4 cm³/mol. The summed E-state index contributed by atoms with van der Waals surface area (Å²) in [6.07, 6.45) is 18.5. The van der Waals surface area contributed by atoms with Crippen molar-refractivity contribution in [1.82, 2.24) is 0 Å². The maximum absolute atomic E-state index is 11.8. The molecule has 0 aromatic heterocycles. The zero-order valence-corrected chi connectivity index (χ0v) is 12.0. The van der Waals surface area contributed by atoms with E-state index < -0.39 is 0 Å². The molecule has 0 radical (unpaired) electrons. The average molecular weight is 252 g/mol. The number of hydrogen-bond acceptors (Lipinski definition) is 0. The first-order chi connectivity index (χ1) is 8.41. The Morgan fingerprint density at radius 1 is 0.500 bits per heavy atom. The summed E-state index contributed by atoms with van der Waals surface area (Å²) in [6.45, 7) is 2.14. The van der Waals surface area contributed by atoms with E-state index in [2.05, 4.69) is 6.92 Å². The number of halogens is 1. The second-order valence-corrected chi connectivity index (χ2v) is 5.29. The first-order valence-corrected chi connectivity index (χ1v) is 7.97. The third kappa shape index (κ3) is 18.9.